The lowest BCUT2D eigenvalue weighted by Gasteiger charge is -2.01. The Hall–Kier alpha value is -2.36. The van der Waals surface area contributed by atoms with E-state index in [0.29, 0.717) is 16.3 Å². The van der Waals surface area contributed by atoms with Crippen molar-refractivity contribution in [1.29, 1.82) is 5.26 Å². The molecule has 0 saturated heterocycles. The molecule has 1 N–H and O–H groups in total. The van der Waals surface area contributed by atoms with Crippen LogP contribution in [-0.2, 0) is 0 Å². The van der Waals surface area contributed by atoms with E-state index in [-0.39, 0.29) is 5.91 Å². The first-order chi connectivity index (χ1) is 10.7. The maximum atomic E-state index is 12.3. The Morgan fingerprint density at radius 3 is 2.91 bits per heavy atom. The standard InChI is InChI=1S/C16H11N3OS2/c1-21-12-6-3-7-13-14(12)18-16(22-13)19-15(20)11-5-2-4-10(8-11)9-17/h2-8H,1H3,(H,18,19,20). The minimum atomic E-state index is -0.262. The number of nitriles is 1. The molecule has 22 heavy (non-hydrogen) atoms. The highest BCUT2D eigenvalue weighted by molar-refractivity contribution is 7.98. The van der Waals surface area contributed by atoms with E-state index in [1.807, 2.05) is 30.5 Å². The highest BCUT2D eigenvalue weighted by atomic mass is 32.2. The summed E-state index contributed by atoms with van der Waals surface area (Å²) < 4.78 is 1.04. The topological polar surface area (TPSA) is 65.8 Å². The van der Waals surface area contributed by atoms with E-state index in [1.54, 1.807) is 36.0 Å². The Kier molecular flexibility index (Phi) is 4.09. The highest BCUT2D eigenvalue weighted by Gasteiger charge is 2.12. The molecular formula is C16H11N3OS2. The summed E-state index contributed by atoms with van der Waals surface area (Å²) in [6.45, 7) is 0. The molecule has 0 aliphatic rings. The van der Waals surface area contributed by atoms with Crippen molar-refractivity contribution < 1.29 is 4.79 Å². The van der Waals surface area contributed by atoms with Crippen molar-refractivity contribution in [1.82, 2.24) is 4.98 Å². The van der Waals surface area contributed by atoms with Gasteiger partial charge in [0, 0.05) is 10.5 Å². The van der Waals surface area contributed by atoms with Gasteiger partial charge in [-0.2, -0.15) is 5.26 Å². The molecule has 1 heterocycles. The number of aromatic nitrogens is 1. The van der Waals surface area contributed by atoms with Crippen molar-refractivity contribution in [3.8, 4) is 6.07 Å². The summed E-state index contributed by atoms with van der Waals surface area (Å²) in [5.41, 5.74) is 1.81. The molecule has 0 saturated carbocycles. The van der Waals surface area contributed by atoms with Crippen LogP contribution in [0.15, 0.2) is 47.4 Å². The minimum Gasteiger partial charge on any atom is -0.298 e. The summed E-state index contributed by atoms with van der Waals surface area (Å²) in [6.07, 6.45) is 2.00. The van der Waals surface area contributed by atoms with E-state index in [0.717, 1.165) is 15.1 Å². The predicted octanol–water partition coefficient (Wildman–Crippen LogP) is 4.14. The molecule has 0 fully saturated rings. The van der Waals surface area contributed by atoms with Crippen LogP contribution in [0.3, 0.4) is 0 Å². The largest absolute Gasteiger partial charge is 0.298 e. The van der Waals surface area contributed by atoms with Gasteiger partial charge in [0.25, 0.3) is 5.91 Å². The Morgan fingerprint density at radius 1 is 1.32 bits per heavy atom. The van der Waals surface area contributed by atoms with Crippen LogP contribution in [0.5, 0.6) is 0 Å². The number of carbonyl (C=O) groups is 1. The summed E-state index contributed by atoms with van der Waals surface area (Å²) in [7, 11) is 0. The fourth-order valence-electron chi connectivity index (χ4n) is 2.04. The predicted molar refractivity (Wildman–Crippen MR) is 90.5 cm³/mol. The highest BCUT2D eigenvalue weighted by Crippen LogP contribution is 2.32. The molecule has 3 rings (SSSR count). The zero-order chi connectivity index (χ0) is 15.5. The van der Waals surface area contributed by atoms with Gasteiger partial charge in [0.2, 0.25) is 0 Å². The third-order valence-electron chi connectivity index (χ3n) is 3.08. The van der Waals surface area contributed by atoms with E-state index >= 15 is 0 Å². The number of rotatable bonds is 3. The van der Waals surface area contributed by atoms with E-state index in [1.165, 1.54) is 11.3 Å². The van der Waals surface area contributed by atoms with Crippen LogP contribution in [0, 0.1) is 11.3 Å². The van der Waals surface area contributed by atoms with Gasteiger partial charge in [0.1, 0.15) is 0 Å². The van der Waals surface area contributed by atoms with Gasteiger partial charge in [-0.25, -0.2) is 4.98 Å². The lowest BCUT2D eigenvalue weighted by molar-refractivity contribution is 0.102. The summed E-state index contributed by atoms with van der Waals surface area (Å²) in [6, 6.07) is 14.6. The van der Waals surface area contributed by atoms with Crippen molar-refractivity contribution in [2.24, 2.45) is 0 Å². The first-order valence-electron chi connectivity index (χ1n) is 6.46. The third kappa shape index (κ3) is 2.82. The molecule has 6 heteroatoms. The van der Waals surface area contributed by atoms with Crippen molar-refractivity contribution in [3.05, 3.63) is 53.6 Å². The smallest absolute Gasteiger partial charge is 0.257 e. The summed E-state index contributed by atoms with van der Waals surface area (Å²) in [4.78, 5) is 17.8. The Morgan fingerprint density at radius 2 is 2.14 bits per heavy atom. The number of amides is 1. The molecule has 0 spiro atoms. The zero-order valence-electron chi connectivity index (χ0n) is 11.7. The number of para-hydroxylation sites is 1. The van der Waals surface area contributed by atoms with Crippen LogP contribution in [-0.4, -0.2) is 17.1 Å². The van der Waals surface area contributed by atoms with Gasteiger partial charge in [-0.15, -0.1) is 11.8 Å². The number of hydrogen-bond donors (Lipinski definition) is 1. The molecule has 0 aliphatic carbocycles. The van der Waals surface area contributed by atoms with Gasteiger partial charge in [-0.3, -0.25) is 10.1 Å². The normalized spacial score (nSPS) is 10.4. The van der Waals surface area contributed by atoms with Gasteiger partial charge < -0.3 is 0 Å². The van der Waals surface area contributed by atoms with Gasteiger partial charge in [-0.1, -0.05) is 23.5 Å². The molecule has 4 nitrogen and oxygen atoms in total. The Balaban J connectivity index is 1.89. The van der Waals surface area contributed by atoms with Crippen LogP contribution in [0.4, 0.5) is 5.13 Å². The minimum absolute atomic E-state index is 0.262. The van der Waals surface area contributed by atoms with E-state index in [4.69, 9.17) is 5.26 Å². The van der Waals surface area contributed by atoms with Crippen LogP contribution in [0.1, 0.15) is 15.9 Å². The second-order valence-electron chi connectivity index (χ2n) is 4.47. The third-order valence-corrected chi connectivity index (χ3v) is 4.78. The lowest BCUT2D eigenvalue weighted by Crippen LogP contribution is -2.11. The first kappa shape index (κ1) is 14.6. The molecule has 1 amide bonds. The number of carbonyl (C=O) groups excluding carboxylic acids is 1. The lowest BCUT2D eigenvalue weighted by atomic mass is 10.1. The van der Waals surface area contributed by atoms with Crippen molar-refractivity contribution in [2.45, 2.75) is 4.90 Å². The second kappa shape index (κ2) is 6.18. The fourth-order valence-corrected chi connectivity index (χ4v) is 3.56. The van der Waals surface area contributed by atoms with Crippen LogP contribution >= 0.6 is 23.1 Å². The van der Waals surface area contributed by atoms with Gasteiger partial charge in [0.05, 0.1) is 21.8 Å². The van der Waals surface area contributed by atoms with Crippen LogP contribution in [0.2, 0.25) is 0 Å². The molecule has 0 atom stereocenters. The average Bonchev–Trinajstić information content (AvgIpc) is 2.97. The van der Waals surface area contributed by atoms with Crippen molar-refractivity contribution in [3.63, 3.8) is 0 Å². The van der Waals surface area contributed by atoms with Gasteiger partial charge >= 0.3 is 0 Å². The number of fused-ring (bicyclic) bond motifs is 1. The molecule has 3 aromatic rings. The number of thiazole rings is 1. The summed E-state index contributed by atoms with van der Waals surface area (Å²) in [5.74, 6) is -0.262. The van der Waals surface area contributed by atoms with Gasteiger partial charge in [0.15, 0.2) is 5.13 Å². The first-order valence-corrected chi connectivity index (χ1v) is 8.50. The van der Waals surface area contributed by atoms with E-state index in [9.17, 15) is 4.79 Å². The molecular weight excluding hydrogens is 314 g/mol. The SMILES string of the molecule is CSc1cccc2sc(NC(=O)c3cccc(C#N)c3)nc12. The molecule has 1 aromatic heterocycles. The number of benzene rings is 2. The molecule has 0 aliphatic heterocycles. The van der Waals surface area contributed by atoms with Crippen molar-refractivity contribution >= 4 is 44.4 Å². The quantitative estimate of drug-likeness (QED) is 0.735. The Labute approximate surface area is 135 Å². The molecule has 2 aromatic carbocycles. The van der Waals surface area contributed by atoms with E-state index in [2.05, 4.69) is 10.3 Å². The van der Waals surface area contributed by atoms with Crippen LogP contribution in [0.25, 0.3) is 10.2 Å². The molecule has 108 valence electrons. The molecule has 0 bridgehead atoms. The number of nitrogens with zero attached hydrogens (tertiary/aromatic N) is 2. The van der Waals surface area contributed by atoms with Gasteiger partial charge in [-0.05, 0) is 36.6 Å². The summed E-state index contributed by atoms with van der Waals surface area (Å²) >= 11 is 3.07. The molecule has 0 radical (unpaired) electrons. The van der Waals surface area contributed by atoms with E-state index < -0.39 is 0 Å². The van der Waals surface area contributed by atoms with Crippen molar-refractivity contribution in [2.75, 3.05) is 11.6 Å². The molecule has 0 unspecified atom stereocenters. The van der Waals surface area contributed by atoms with Crippen LogP contribution < -0.4 is 5.32 Å². The Bertz CT molecular complexity index is 896. The zero-order valence-corrected chi connectivity index (χ0v) is 13.3. The second-order valence-corrected chi connectivity index (χ2v) is 6.35. The number of anilines is 1. The number of thioether (sulfide) groups is 1. The number of nitrogens with one attached hydrogen (secondary N) is 1. The average molecular weight is 325 g/mol. The number of hydrogen-bond acceptors (Lipinski definition) is 5. The maximum absolute atomic E-state index is 12.3. The summed E-state index contributed by atoms with van der Waals surface area (Å²) in [5, 5.41) is 12.3. The maximum Gasteiger partial charge on any atom is 0.257 e. The monoisotopic (exact) mass is 325 g/mol. The fraction of sp³-hybridized carbons (Fsp3) is 0.0625.